The molecule has 1 amide bonds. The van der Waals surface area contributed by atoms with E-state index >= 15 is 0 Å². The van der Waals surface area contributed by atoms with Crippen molar-refractivity contribution in [2.45, 2.75) is 39.0 Å². The molecule has 0 aliphatic rings. The summed E-state index contributed by atoms with van der Waals surface area (Å²) in [5, 5.41) is 7.58. The lowest BCUT2D eigenvalue weighted by Gasteiger charge is -2.19. The molecule has 1 heterocycles. The summed E-state index contributed by atoms with van der Waals surface area (Å²) in [6.45, 7) is 6.99. The van der Waals surface area contributed by atoms with Gasteiger partial charge < -0.3 is 9.84 Å². The summed E-state index contributed by atoms with van der Waals surface area (Å²) in [4.78, 5) is 16.6. The number of rotatable bonds is 6. The summed E-state index contributed by atoms with van der Waals surface area (Å²) >= 11 is 5.89. The molecule has 1 N–H and O–H groups in total. The van der Waals surface area contributed by atoms with E-state index in [2.05, 4.69) is 36.2 Å². The van der Waals surface area contributed by atoms with E-state index in [1.54, 1.807) is 12.1 Å². The molecule has 2 aromatic carbocycles. The predicted molar refractivity (Wildman–Crippen MR) is 111 cm³/mol. The molecule has 0 saturated heterocycles. The van der Waals surface area contributed by atoms with Gasteiger partial charge in [0.05, 0.1) is 0 Å². The second-order valence-corrected chi connectivity index (χ2v) is 8.14. The lowest BCUT2D eigenvalue weighted by molar-refractivity contribution is 0.0953. The van der Waals surface area contributed by atoms with Crippen LogP contribution in [0, 0.1) is 0 Å². The summed E-state index contributed by atoms with van der Waals surface area (Å²) in [6, 6.07) is 15.0. The first-order chi connectivity index (χ1) is 13.3. The Labute approximate surface area is 170 Å². The molecule has 0 saturated carbocycles. The van der Waals surface area contributed by atoms with Crippen LogP contribution in [0.3, 0.4) is 0 Å². The molecule has 0 spiro atoms. The van der Waals surface area contributed by atoms with Crippen LogP contribution in [0.25, 0.3) is 11.4 Å². The van der Waals surface area contributed by atoms with E-state index in [-0.39, 0.29) is 11.3 Å². The topological polar surface area (TPSA) is 68.0 Å². The molecule has 146 valence electrons. The second-order valence-electron chi connectivity index (χ2n) is 7.71. The Hall–Kier alpha value is -2.66. The van der Waals surface area contributed by atoms with E-state index in [0.29, 0.717) is 41.7 Å². The number of amides is 1. The van der Waals surface area contributed by atoms with Crippen LogP contribution in [0.15, 0.2) is 53.1 Å². The van der Waals surface area contributed by atoms with Crippen LogP contribution in [0.5, 0.6) is 0 Å². The van der Waals surface area contributed by atoms with Gasteiger partial charge in [-0.15, -0.1) is 0 Å². The number of hydrogen-bond acceptors (Lipinski definition) is 4. The average Bonchev–Trinajstić information content (AvgIpc) is 3.14. The van der Waals surface area contributed by atoms with Gasteiger partial charge in [0.15, 0.2) is 0 Å². The molecule has 1 aromatic heterocycles. The van der Waals surface area contributed by atoms with E-state index in [9.17, 15) is 4.79 Å². The fourth-order valence-corrected chi connectivity index (χ4v) is 2.86. The van der Waals surface area contributed by atoms with Gasteiger partial charge in [0.2, 0.25) is 11.7 Å². The summed E-state index contributed by atoms with van der Waals surface area (Å²) in [6.07, 6.45) is 1.32. The number of nitrogens with one attached hydrogen (secondary N) is 1. The van der Waals surface area contributed by atoms with E-state index < -0.39 is 0 Å². The van der Waals surface area contributed by atoms with E-state index in [0.717, 1.165) is 5.56 Å². The van der Waals surface area contributed by atoms with Crippen LogP contribution in [0.4, 0.5) is 0 Å². The van der Waals surface area contributed by atoms with Crippen LogP contribution in [-0.2, 0) is 11.8 Å². The van der Waals surface area contributed by atoms with E-state index in [1.165, 1.54) is 5.56 Å². The first-order valence-electron chi connectivity index (χ1n) is 9.30. The third-order valence-corrected chi connectivity index (χ3v) is 4.69. The molecule has 3 aromatic rings. The molecular formula is C22H24ClN3O2. The first-order valence-corrected chi connectivity index (χ1v) is 9.68. The van der Waals surface area contributed by atoms with Gasteiger partial charge in [0, 0.05) is 29.1 Å². The van der Waals surface area contributed by atoms with Gasteiger partial charge in [-0.3, -0.25) is 4.79 Å². The minimum absolute atomic E-state index is 0.0734. The molecule has 28 heavy (non-hydrogen) atoms. The highest BCUT2D eigenvalue weighted by Gasteiger charge is 2.14. The molecule has 0 unspecified atom stereocenters. The maximum absolute atomic E-state index is 12.3. The summed E-state index contributed by atoms with van der Waals surface area (Å²) < 4.78 is 5.28. The lowest BCUT2D eigenvalue weighted by atomic mass is 9.87. The molecule has 3 rings (SSSR count). The fourth-order valence-electron chi connectivity index (χ4n) is 2.74. The zero-order valence-corrected chi connectivity index (χ0v) is 17.1. The molecule has 0 atom stereocenters. The van der Waals surface area contributed by atoms with Gasteiger partial charge in [-0.2, -0.15) is 4.98 Å². The summed E-state index contributed by atoms with van der Waals surface area (Å²) in [5.74, 6) is 1.01. The zero-order valence-electron chi connectivity index (χ0n) is 16.3. The molecule has 0 aliphatic heterocycles. The van der Waals surface area contributed by atoms with Crippen molar-refractivity contribution in [2.75, 3.05) is 6.54 Å². The molecule has 0 radical (unpaired) electrons. The minimum atomic E-state index is -0.0761. The third-order valence-electron chi connectivity index (χ3n) is 4.44. The van der Waals surface area contributed by atoms with Crippen LogP contribution >= 0.6 is 11.6 Å². The van der Waals surface area contributed by atoms with Gasteiger partial charge in [0.1, 0.15) is 0 Å². The standard InChI is InChI=1S/C22H24ClN3O2/c1-22(2,3)17-10-6-16(7-11-17)21(27)24-14-4-5-19-25-20(26-28-19)15-8-12-18(23)13-9-15/h6-13H,4-5,14H2,1-3H3,(H,24,27). The Morgan fingerprint density at radius 2 is 1.75 bits per heavy atom. The average molecular weight is 398 g/mol. The zero-order chi connectivity index (χ0) is 20.1. The van der Waals surface area contributed by atoms with Gasteiger partial charge in [-0.05, 0) is 53.8 Å². The Morgan fingerprint density at radius 3 is 2.39 bits per heavy atom. The van der Waals surface area contributed by atoms with Crippen molar-refractivity contribution in [2.24, 2.45) is 0 Å². The van der Waals surface area contributed by atoms with Crippen LogP contribution in [0.1, 0.15) is 49.0 Å². The van der Waals surface area contributed by atoms with E-state index in [4.69, 9.17) is 16.1 Å². The first kappa shape index (κ1) is 20.1. The molecule has 0 aliphatic carbocycles. The minimum Gasteiger partial charge on any atom is -0.352 e. The number of hydrogen-bond donors (Lipinski definition) is 1. The van der Waals surface area contributed by atoms with Crippen molar-refractivity contribution in [3.63, 3.8) is 0 Å². The number of halogens is 1. The predicted octanol–water partition coefficient (Wildman–Crippen LogP) is 5.05. The van der Waals surface area contributed by atoms with Gasteiger partial charge in [0.25, 0.3) is 5.91 Å². The van der Waals surface area contributed by atoms with Crippen LogP contribution < -0.4 is 5.32 Å². The highest BCUT2D eigenvalue weighted by atomic mass is 35.5. The molecule has 0 bridgehead atoms. The Balaban J connectivity index is 1.47. The quantitative estimate of drug-likeness (QED) is 0.591. The van der Waals surface area contributed by atoms with E-state index in [1.807, 2.05) is 36.4 Å². The molecular weight excluding hydrogens is 374 g/mol. The molecule has 6 heteroatoms. The summed E-state index contributed by atoms with van der Waals surface area (Å²) in [5.41, 5.74) is 2.79. The number of benzene rings is 2. The SMILES string of the molecule is CC(C)(C)c1ccc(C(=O)NCCCc2nc(-c3ccc(Cl)cc3)no2)cc1. The second kappa shape index (κ2) is 8.57. The van der Waals surface area contributed by atoms with Crippen LogP contribution in [0.2, 0.25) is 5.02 Å². The highest BCUT2D eigenvalue weighted by molar-refractivity contribution is 6.30. The van der Waals surface area contributed by atoms with Gasteiger partial charge >= 0.3 is 0 Å². The van der Waals surface area contributed by atoms with Gasteiger partial charge in [-0.1, -0.05) is 49.7 Å². The summed E-state index contributed by atoms with van der Waals surface area (Å²) in [7, 11) is 0. The number of nitrogens with zero attached hydrogens (tertiary/aromatic N) is 2. The smallest absolute Gasteiger partial charge is 0.251 e. The maximum atomic E-state index is 12.3. The number of aromatic nitrogens is 2. The van der Waals surface area contributed by atoms with Crippen molar-refractivity contribution in [3.05, 3.63) is 70.6 Å². The number of aryl methyl sites for hydroxylation is 1. The van der Waals surface area contributed by atoms with Crippen molar-refractivity contribution >= 4 is 17.5 Å². The number of carbonyl (C=O) groups is 1. The maximum Gasteiger partial charge on any atom is 0.251 e. The third kappa shape index (κ3) is 5.20. The molecule has 5 nitrogen and oxygen atoms in total. The monoisotopic (exact) mass is 397 g/mol. The Morgan fingerprint density at radius 1 is 1.07 bits per heavy atom. The van der Waals surface area contributed by atoms with Crippen molar-refractivity contribution in [3.8, 4) is 11.4 Å². The number of carbonyl (C=O) groups excluding carboxylic acids is 1. The normalized spacial score (nSPS) is 11.4. The van der Waals surface area contributed by atoms with Crippen molar-refractivity contribution in [1.29, 1.82) is 0 Å². The fraction of sp³-hybridized carbons (Fsp3) is 0.318. The lowest BCUT2D eigenvalue weighted by Crippen LogP contribution is -2.25. The van der Waals surface area contributed by atoms with Crippen molar-refractivity contribution < 1.29 is 9.32 Å². The largest absolute Gasteiger partial charge is 0.352 e. The highest BCUT2D eigenvalue weighted by Crippen LogP contribution is 2.22. The Kier molecular flexibility index (Phi) is 6.15. The van der Waals surface area contributed by atoms with Crippen molar-refractivity contribution in [1.82, 2.24) is 15.5 Å². The Bertz CT molecular complexity index is 926. The van der Waals surface area contributed by atoms with Gasteiger partial charge in [-0.25, -0.2) is 0 Å². The van der Waals surface area contributed by atoms with Crippen LogP contribution in [-0.4, -0.2) is 22.6 Å². The molecule has 0 fully saturated rings.